The monoisotopic (exact) mass is 613 g/mol. The third-order valence-corrected chi connectivity index (χ3v) is 8.32. The van der Waals surface area contributed by atoms with Crippen molar-refractivity contribution < 1.29 is 28.2 Å². The highest BCUT2D eigenvalue weighted by molar-refractivity contribution is 5.88. The summed E-state index contributed by atoms with van der Waals surface area (Å²) in [7, 11) is 0. The lowest BCUT2D eigenvalue weighted by Crippen LogP contribution is -2.38. The molecule has 2 fully saturated rings. The molecular weight excluding hydrogens is 584 g/mol. The number of ether oxygens (including phenoxy) is 2. The van der Waals surface area contributed by atoms with Gasteiger partial charge in [0.1, 0.15) is 29.9 Å². The molecule has 0 unspecified atom stereocenters. The molecular formula is C32H29F2N7O4. The van der Waals surface area contributed by atoms with Crippen LogP contribution in [0.15, 0.2) is 42.5 Å². The summed E-state index contributed by atoms with van der Waals surface area (Å²) in [6.07, 6.45) is 3.45. The zero-order valence-corrected chi connectivity index (χ0v) is 24.2. The molecule has 1 saturated heterocycles. The van der Waals surface area contributed by atoms with Crippen molar-refractivity contribution in [3.05, 3.63) is 76.7 Å². The molecule has 0 radical (unpaired) electrons. The normalized spacial score (nSPS) is 16.2. The Hall–Kier alpha value is -5.14. The minimum atomic E-state index is -1.11. The number of rotatable bonds is 11. The van der Waals surface area contributed by atoms with E-state index in [2.05, 4.69) is 20.9 Å². The van der Waals surface area contributed by atoms with Crippen LogP contribution in [0.5, 0.6) is 11.8 Å². The lowest BCUT2D eigenvalue weighted by atomic mass is 10.0. The first-order chi connectivity index (χ1) is 21.8. The quantitative estimate of drug-likeness (QED) is 0.245. The van der Waals surface area contributed by atoms with Crippen molar-refractivity contribution in [3.63, 3.8) is 0 Å². The number of hydrogen-bond acceptors (Lipinski definition) is 9. The number of nitrogens with zero attached hydrogens (tertiary/aromatic N) is 7. The molecule has 1 aliphatic carbocycles. The Morgan fingerprint density at radius 2 is 1.84 bits per heavy atom. The largest absolute Gasteiger partial charge is 0.477 e. The van der Waals surface area contributed by atoms with E-state index in [1.165, 1.54) is 30.3 Å². The van der Waals surface area contributed by atoms with Gasteiger partial charge in [-0.3, -0.25) is 4.90 Å². The fourth-order valence-corrected chi connectivity index (χ4v) is 5.53. The summed E-state index contributed by atoms with van der Waals surface area (Å²) in [4.78, 5) is 27.1. The minimum Gasteiger partial charge on any atom is -0.477 e. The lowest BCUT2D eigenvalue weighted by molar-refractivity contribution is 0.0690. The Morgan fingerprint density at radius 3 is 2.53 bits per heavy atom. The van der Waals surface area contributed by atoms with E-state index in [1.807, 2.05) is 10.6 Å². The number of carboxylic acids is 1. The van der Waals surface area contributed by atoms with Crippen LogP contribution in [0, 0.1) is 39.7 Å². The number of halogens is 2. The molecule has 11 nitrogen and oxygen atoms in total. The molecule has 230 valence electrons. The molecule has 13 heteroatoms. The molecule has 1 aliphatic heterocycles. The summed E-state index contributed by atoms with van der Waals surface area (Å²) >= 11 is 0. The van der Waals surface area contributed by atoms with Gasteiger partial charge >= 0.3 is 5.97 Å². The van der Waals surface area contributed by atoms with Gasteiger partial charge in [-0.1, -0.05) is 6.07 Å². The van der Waals surface area contributed by atoms with E-state index >= 15 is 0 Å². The SMILES string of the molecule is N#CCC1(Cn2c(CN3CCC(Oc4ccc(F)c(OCc5ccc(C#N)cc5F)n4)CC3)nc3ccc(C(=O)O)nc32)CC1. The summed E-state index contributed by atoms with van der Waals surface area (Å²) in [6.45, 7) is 2.19. The second kappa shape index (κ2) is 12.5. The van der Waals surface area contributed by atoms with Crippen LogP contribution < -0.4 is 9.47 Å². The summed E-state index contributed by atoms with van der Waals surface area (Å²) in [5.74, 6) is -1.79. The number of aromatic carboxylic acids is 1. The van der Waals surface area contributed by atoms with E-state index in [9.17, 15) is 23.9 Å². The van der Waals surface area contributed by atoms with Crippen LogP contribution in [0.3, 0.4) is 0 Å². The van der Waals surface area contributed by atoms with Gasteiger partial charge in [-0.15, -0.1) is 0 Å². The number of aromatic nitrogens is 4. The Kier molecular flexibility index (Phi) is 8.28. The van der Waals surface area contributed by atoms with Gasteiger partial charge in [0.2, 0.25) is 5.88 Å². The number of piperidine rings is 1. The van der Waals surface area contributed by atoms with Crippen molar-refractivity contribution in [2.75, 3.05) is 13.1 Å². The predicted octanol–water partition coefficient (Wildman–Crippen LogP) is 4.99. The molecule has 0 bridgehead atoms. The number of fused-ring (bicyclic) bond motifs is 1. The van der Waals surface area contributed by atoms with Crippen molar-refractivity contribution in [3.8, 4) is 23.9 Å². The van der Waals surface area contributed by atoms with Crippen molar-refractivity contribution in [1.82, 2.24) is 24.4 Å². The van der Waals surface area contributed by atoms with Crippen LogP contribution in [0.1, 0.15) is 59.5 Å². The second-order valence-electron chi connectivity index (χ2n) is 11.5. The highest BCUT2D eigenvalue weighted by Gasteiger charge is 2.43. The third-order valence-electron chi connectivity index (χ3n) is 8.32. The molecule has 0 spiro atoms. The fourth-order valence-electron chi connectivity index (χ4n) is 5.53. The van der Waals surface area contributed by atoms with Gasteiger partial charge in [0.05, 0.1) is 24.2 Å². The number of likely N-dealkylation sites (tertiary alicyclic amines) is 1. The van der Waals surface area contributed by atoms with Gasteiger partial charge < -0.3 is 19.1 Å². The van der Waals surface area contributed by atoms with Gasteiger partial charge in [-0.25, -0.2) is 23.5 Å². The third kappa shape index (κ3) is 6.69. The number of pyridine rings is 2. The van der Waals surface area contributed by atoms with E-state index < -0.39 is 17.6 Å². The van der Waals surface area contributed by atoms with E-state index in [4.69, 9.17) is 19.7 Å². The molecule has 0 atom stereocenters. The minimum absolute atomic E-state index is 0.0531. The summed E-state index contributed by atoms with van der Waals surface area (Å²) in [5.41, 5.74) is 1.27. The number of hydrogen-bond donors (Lipinski definition) is 1. The number of imidazole rings is 1. The molecule has 4 aromatic rings. The van der Waals surface area contributed by atoms with E-state index in [-0.39, 0.29) is 46.7 Å². The maximum Gasteiger partial charge on any atom is 0.354 e. The average Bonchev–Trinajstić information content (AvgIpc) is 3.72. The molecule has 4 heterocycles. The molecule has 1 saturated carbocycles. The Labute approximate surface area is 257 Å². The molecule has 6 rings (SSSR count). The Balaban J connectivity index is 1.09. The molecule has 0 amide bonds. The first-order valence-corrected chi connectivity index (χ1v) is 14.6. The standard InChI is InChI=1S/C32H29F2N7O4/c33-23-3-6-28(39-30(23)44-18-21-2-1-20(16-36)15-24(21)34)45-22-7-13-40(14-8-22)17-27-37-25-4-5-26(31(42)43)38-29(25)41(27)19-32(9-10-32)11-12-35/h1-6,15,22H,7-11,13-14,17-19H2,(H,42,43). The number of carbonyl (C=O) groups is 1. The van der Waals surface area contributed by atoms with Crippen LogP contribution in [0.25, 0.3) is 11.2 Å². The van der Waals surface area contributed by atoms with Crippen LogP contribution >= 0.6 is 0 Å². The van der Waals surface area contributed by atoms with Gasteiger partial charge in [0, 0.05) is 43.1 Å². The van der Waals surface area contributed by atoms with Crippen LogP contribution in [-0.2, 0) is 19.7 Å². The van der Waals surface area contributed by atoms with Crippen molar-refractivity contribution in [1.29, 1.82) is 10.5 Å². The maximum absolute atomic E-state index is 14.4. The molecule has 3 aromatic heterocycles. The van der Waals surface area contributed by atoms with Crippen molar-refractivity contribution in [2.45, 2.75) is 57.9 Å². The fraction of sp³-hybridized carbons (Fsp3) is 0.375. The van der Waals surface area contributed by atoms with Gasteiger partial charge in [0.15, 0.2) is 17.2 Å². The average molecular weight is 614 g/mol. The van der Waals surface area contributed by atoms with Crippen LogP contribution in [0.2, 0.25) is 0 Å². The summed E-state index contributed by atoms with van der Waals surface area (Å²) < 4.78 is 42.1. The topological polar surface area (TPSA) is 150 Å². The zero-order chi connectivity index (χ0) is 31.6. The Bertz CT molecular complexity index is 1840. The highest BCUT2D eigenvalue weighted by atomic mass is 19.1. The number of carboxylic acid groups (broad SMARTS) is 1. The molecule has 1 N–H and O–H groups in total. The molecule has 45 heavy (non-hydrogen) atoms. The van der Waals surface area contributed by atoms with Gasteiger partial charge in [0.25, 0.3) is 5.88 Å². The predicted molar refractivity (Wildman–Crippen MR) is 155 cm³/mol. The summed E-state index contributed by atoms with van der Waals surface area (Å²) in [5, 5.41) is 27.7. The molecule has 2 aliphatic rings. The number of nitriles is 2. The van der Waals surface area contributed by atoms with Crippen molar-refractivity contribution in [2.24, 2.45) is 5.41 Å². The molecule has 1 aromatic carbocycles. The lowest BCUT2D eigenvalue weighted by Gasteiger charge is -2.31. The van der Waals surface area contributed by atoms with Crippen molar-refractivity contribution >= 4 is 17.1 Å². The van der Waals surface area contributed by atoms with E-state index in [0.29, 0.717) is 56.6 Å². The highest BCUT2D eigenvalue weighted by Crippen LogP contribution is 2.50. The first-order valence-electron chi connectivity index (χ1n) is 14.6. The smallest absolute Gasteiger partial charge is 0.354 e. The van der Waals surface area contributed by atoms with Crippen LogP contribution in [0.4, 0.5) is 8.78 Å². The first kappa shape index (κ1) is 29.9. The van der Waals surface area contributed by atoms with Crippen LogP contribution in [-0.4, -0.2) is 54.7 Å². The maximum atomic E-state index is 14.4. The summed E-state index contributed by atoms with van der Waals surface area (Å²) in [6, 6.07) is 13.8. The van der Waals surface area contributed by atoms with E-state index in [1.54, 1.807) is 6.07 Å². The number of benzene rings is 1. The van der Waals surface area contributed by atoms with Gasteiger partial charge in [-0.2, -0.15) is 15.5 Å². The van der Waals surface area contributed by atoms with Gasteiger partial charge in [-0.05, 0) is 56.0 Å². The van der Waals surface area contributed by atoms with E-state index in [0.717, 1.165) is 24.7 Å². The Morgan fingerprint density at radius 1 is 1.04 bits per heavy atom. The second-order valence-corrected chi connectivity index (χ2v) is 11.5. The zero-order valence-electron chi connectivity index (χ0n) is 24.2.